The van der Waals surface area contributed by atoms with Crippen LogP contribution in [0.5, 0.6) is 0 Å². The number of pyridine rings is 1. The van der Waals surface area contributed by atoms with Gasteiger partial charge in [0.05, 0.1) is 12.0 Å². The Hall–Kier alpha value is -2.54. The fraction of sp³-hybridized carbons (Fsp3) is 0.143. The summed E-state index contributed by atoms with van der Waals surface area (Å²) in [6, 6.07) is 7.43. The van der Waals surface area contributed by atoms with Crippen LogP contribution in [0.25, 0.3) is 11.5 Å². The van der Waals surface area contributed by atoms with Crippen molar-refractivity contribution in [2.24, 2.45) is 0 Å². The molecule has 0 radical (unpaired) electrons. The zero-order valence-electron chi connectivity index (χ0n) is 11.2. The third-order valence-electron chi connectivity index (χ3n) is 2.91. The first-order valence-electron chi connectivity index (χ1n) is 6.30. The van der Waals surface area contributed by atoms with E-state index in [0.717, 1.165) is 28.6 Å². The number of hydrogen-bond donors (Lipinski definition) is 1. The number of hydrogen-bond acceptors (Lipinski definition) is 6. The number of aryl methyl sites for hydroxylation is 1. The standard InChI is InChI=1S/C14H12N4O2S/c1-9-13(21-18-17-9)14(19)16-8-10-4-5-11(15-7-10)12-3-2-6-20-12/h2-7H,8H2,1H3,(H,16,19). The van der Waals surface area contributed by atoms with Crippen LogP contribution in [0, 0.1) is 6.92 Å². The van der Waals surface area contributed by atoms with E-state index < -0.39 is 0 Å². The molecule has 0 atom stereocenters. The Balaban J connectivity index is 1.64. The fourth-order valence-electron chi connectivity index (χ4n) is 1.80. The minimum absolute atomic E-state index is 0.169. The van der Waals surface area contributed by atoms with Gasteiger partial charge in [-0.3, -0.25) is 9.78 Å². The molecule has 0 bridgehead atoms. The van der Waals surface area contributed by atoms with Crippen LogP contribution < -0.4 is 5.32 Å². The van der Waals surface area contributed by atoms with E-state index in [1.807, 2.05) is 24.3 Å². The van der Waals surface area contributed by atoms with Gasteiger partial charge in [0.15, 0.2) is 5.76 Å². The van der Waals surface area contributed by atoms with Crippen LogP contribution in [0.1, 0.15) is 20.9 Å². The molecule has 0 fully saturated rings. The summed E-state index contributed by atoms with van der Waals surface area (Å²) in [7, 11) is 0. The van der Waals surface area contributed by atoms with Gasteiger partial charge in [0.25, 0.3) is 5.91 Å². The summed E-state index contributed by atoms with van der Waals surface area (Å²) in [5, 5.41) is 6.64. The predicted molar refractivity (Wildman–Crippen MR) is 77.8 cm³/mol. The molecule has 0 unspecified atom stereocenters. The highest BCUT2D eigenvalue weighted by Gasteiger charge is 2.12. The molecule has 21 heavy (non-hydrogen) atoms. The molecule has 0 aliphatic carbocycles. The molecule has 7 heteroatoms. The first-order chi connectivity index (χ1) is 10.2. The smallest absolute Gasteiger partial charge is 0.265 e. The Morgan fingerprint density at radius 3 is 2.90 bits per heavy atom. The molecule has 0 aromatic carbocycles. The minimum atomic E-state index is -0.169. The molecular formula is C14H12N4O2S. The zero-order chi connectivity index (χ0) is 14.7. The summed E-state index contributed by atoms with van der Waals surface area (Å²) >= 11 is 1.09. The second-order valence-corrected chi connectivity index (χ2v) is 5.15. The quantitative estimate of drug-likeness (QED) is 0.800. The Morgan fingerprint density at radius 1 is 1.38 bits per heavy atom. The van der Waals surface area contributed by atoms with Crippen molar-refractivity contribution in [1.82, 2.24) is 19.9 Å². The van der Waals surface area contributed by atoms with Crippen LogP contribution in [0.2, 0.25) is 0 Å². The number of nitrogens with zero attached hydrogens (tertiary/aromatic N) is 3. The van der Waals surface area contributed by atoms with E-state index >= 15 is 0 Å². The summed E-state index contributed by atoms with van der Waals surface area (Å²) in [4.78, 5) is 16.8. The third kappa shape index (κ3) is 2.97. The number of carbonyl (C=O) groups excluding carboxylic acids is 1. The average molecular weight is 300 g/mol. The number of nitrogens with one attached hydrogen (secondary N) is 1. The van der Waals surface area contributed by atoms with Crippen molar-refractivity contribution in [2.45, 2.75) is 13.5 Å². The van der Waals surface area contributed by atoms with Crippen molar-refractivity contribution in [3.63, 3.8) is 0 Å². The highest BCUT2D eigenvalue weighted by molar-refractivity contribution is 7.07. The molecule has 3 rings (SSSR count). The van der Waals surface area contributed by atoms with Crippen LogP contribution in [0.4, 0.5) is 0 Å². The van der Waals surface area contributed by atoms with Gasteiger partial charge in [-0.15, -0.1) is 5.10 Å². The van der Waals surface area contributed by atoms with E-state index in [9.17, 15) is 4.79 Å². The van der Waals surface area contributed by atoms with E-state index in [2.05, 4.69) is 19.9 Å². The van der Waals surface area contributed by atoms with Crippen molar-refractivity contribution in [3.05, 3.63) is 52.9 Å². The molecule has 3 heterocycles. The molecule has 3 aromatic heterocycles. The SMILES string of the molecule is Cc1nnsc1C(=O)NCc1ccc(-c2ccco2)nc1. The maximum absolute atomic E-state index is 11.9. The third-order valence-corrected chi connectivity index (χ3v) is 3.74. The van der Waals surface area contributed by atoms with Gasteiger partial charge >= 0.3 is 0 Å². The summed E-state index contributed by atoms with van der Waals surface area (Å²) in [5.41, 5.74) is 2.31. The first-order valence-corrected chi connectivity index (χ1v) is 7.07. The fourth-order valence-corrected chi connectivity index (χ4v) is 2.37. The predicted octanol–water partition coefficient (Wildman–Crippen LogP) is 2.43. The number of carbonyl (C=O) groups is 1. The van der Waals surface area contributed by atoms with E-state index in [1.54, 1.807) is 19.4 Å². The van der Waals surface area contributed by atoms with Gasteiger partial charge in [0.1, 0.15) is 10.6 Å². The van der Waals surface area contributed by atoms with Gasteiger partial charge in [-0.1, -0.05) is 10.6 Å². The van der Waals surface area contributed by atoms with Gasteiger partial charge in [-0.2, -0.15) is 0 Å². The second-order valence-electron chi connectivity index (χ2n) is 4.40. The highest BCUT2D eigenvalue weighted by atomic mass is 32.1. The maximum Gasteiger partial charge on any atom is 0.265 e. The van der Waals surface area contributed by atoms with Crippen LogP contribution >= 0.6 is 11.5 Å². The van der Waals surface area contributed by atoms with Crippen molar-refractivity contribution >= 4 is 17.4 Å². The van der Waals surface area contributed by atoms with Crippen LogP contribution in [0.3, 0.4) is 0 Å². The number of furan rings is 1. The van der Waals surface area contributed by atoms with Crippen molar-refractivity contribution < 1.29 is 9.21 Å². The lowest BCUT2D eigenvalue weighted by Crippen LogP contribution is -2.22. The maximum atomic E-state index is 11.9. The molecule has 3 aromatic rings. The molecule has 1 amide bonds. The first kappa shape index (κ1) is 13.4. The lowest BCUT2D eigenvalue weighted by molar-refractivity contribution is 0.0954. The molecule has 1 N–H and O–H groups in total. The Bertz CT molecular complexity index is 735. The molecule has 0 saturated carbocycles. The Morgan fingerprint density at radius 2 is 2.29 bits per heavy atom. The average Bonchev–Trinajstić information content (AvgIpc) is 3.16. The minimum Gasteiger partial charge on any atom is -0.463 e. The topological polar surface area (TPSA) is 80.9 Å². The van der Waals surface area contributed by atoms with Crippen molar-refractivity contribution in [2.75, 3.05) is 0 Å². The molecule has 0 aliphatic rings. The lowest BCUT2D eigenvalue weighted by atomic mass is 10.2. The van der Waals surface area contributed by atoms with Crippen LogP contribution in [-0.4, -0.2) is 20.5 Å². The molecule has 0 aliphatic heterocycles. The van der Waals surface area contributed by atoms with E-state index in [4.69, 9.17) is 4.42 Å². The summed E-state index contributed by atoms with van der Waals surface area (Å²) in [6.45, 7) is 2.17. The van der Waals surface area contributed by atoms with Gasteiger partial charge in [-0.25, -0.2) is 0 Å². The van der Waals surface area contributed by atoms with Crippen LogP contribution in [0.15, 0.2) is 41.1 Å². The molecule has 0 saturated heterocycles. The van der Waals surface area contributed by atoms with E-state index in [0.29, 0.717) is 17.1 Å². The summed E-state index contributed by atoms with van der Waals surface area (Å²) in [6.07, 6.45) is 3.33. The van der Waals surface area contributed by atoms with Crippen molar-refractivity contribution in [1.29, 1.82) is 0 Å². The van der Waals surface area contributed by atoms with Gasteiger partial charge < -0.3 is 9.73 Å². The van der Waals surface area contributed by atoms with E-state index in [1.165, 1.54) is 0 Å². The lowest BCUT2D eigenvalue weighted by Gasteiger charge is -2.04. The molecule has 6 nitrogen and oxygen atoms in total. The number of amides is 1. The Labute approximate surface area is 125 Å². The van der Waals surface area contributed by atoms with Crippen LogP contribution in [-0.2, 0) is 6.54 Å². The largest absolute Gasteiger partial charge is 0.463 e. The van der Waals surface area contributed by atoms with Gasteiger partial charge in [-0.05, 0) is 42.2 Å². The molecular weight excluding hydrogens is 288 g/mol. The Kier molecular flexibility index (Phi) is 3.74. The van der Waals surface area contributed by atoms with Gasteiger partial charge in [0, 0.05) is 12.7 Å². The second kappa shape index (κ2) is 5.84. The normalized spacial score (nSPS) is 10.5. The monoisotopic (exact) mass is 300 g/mol. The van der Waals surface area contributed by atoms with E-state index in [-0.39, 0.29) is 5.91 Å². The summed E-state index contributed by atoms with van der Waals surface area (Å²) in [5.74, 6) is 0.551. The molecule has 106 valence electrons. The number of aromatic nitrogens is 3. The zero-order valence-corrected chi connectivity index (χ0v) is 12.1. The molecule has 0 spiro atoms. The highest BCUT2D eigenvalue weighted by Crippen LogP contribution is 2.17. The number of rotatable bonds is 4. The van der Waals surface area contributed by atoms with Gasteiger partial charge in [0.2, 0.25) is 0 Å². The summed E-state index contributed by atoms with van der Waals surface area (Å²) < 4.78 is 9.02. The van der Waals surface area contributed by atoms with Crippen molar-refractivity contribution in [3.8, 4) is 11.5 Å².